The molecule has 0 heterocycles. The van der Waals surface area contributed by atoms with Gasteiger partial charge in [-0.3, -0.25) is 0 Å². The summed E-state index contributed by atoms with van der Waals surface area (Å²) in [5, 5.41) is 0. The fourth-order valence-corrected chi connectivity index (χ4v) is 1.41. The Hall–Kier alpha value is -1.50. The Morgan fingerprint density at radius 2 is 1.85 bits per heavy atom. The van der Waals surface area contributed by atoms with Crippen molar-refractivity contribution in [1.82, 2.24) is 0 Å². The highest BCUT2D eigenvalue weighted by Crippen LogP contribution is 2.22. The van der Waals surface area contributed by atoms with Crippen LogP contribution in [0.2, 0.25) is 0 Å². The zero-order chi connectivity index (χ0) is 9.84. The molecule has 0 atom stereocenters. The molecule has 0 aliphatic rings. The molecule has 13 heavy (non-hydrogen) atoms. The first-order valence-electron chi connectivity index (χ1n) is 4.20. The van der Waals surface area contributed by atoms with Crippen molar-refractivity contribution in [3.63, 3.8) is 0 Å². The Balaban J connectivity index is 3.12. The van der Waals surface area contributed by atoms with Crippen LogP contribution in [0.15, 0.2) is 37.6 Å². The molecule has 0 aliphatic heterocycles. The molecule has 68 valence electrons. The molecule has 0 amide bonds. The van der Waals surface area contributed by atoms with Crippen molar-refractivity contribution in [2.45, 2.75) is 13.8 Å². The molecule has 0 spiro atoms. The van der Waals surface area contributed by atoms with E-state index in [1.807, 2.05) is 32.0 Å². The largest absolute Gasteiger partial charge is 0.466 e. The summed E-state index contributed by atoms with van der Waals surface area (Å²) in [6, 6.07) is 6.11. The Labute approximate surface area is 79.4 Å². The van der Waals surface area contributed by atoms with E-state index in [1.54, 1.807) is 0 Å². The van der Waals surface area contributed by atoms with Crippen LogP contribution in [0.25, 0.3) is 5.76 Å². The van der Waals surface area contributed by atoms with Crippen molar-refractivity contribution >= 4 is 5.76 Å². The zero-order valence-electron chi connectivity index (χ0n) is 8.13. The first-order valence-corrected chi connectivity index (χ1v) is 4.20. The molecule has 0 aromatic heterocycles. The quantitative estimate of drug-likeness (QED) is 0.638. The lowest BCUT2D eigenvalue weighted by atomic mass is 10.0. The Morgan fingerprint density at radius 1 is 1.31 bits per heavy atom. The third-order valence-corrected chi connectivity index (χ3v) is 1.99. The van der Waals surface area contributed by atoms with E-state index in [9.17, 15) is 0 Å². The van der Waals surface area contributed by atoms with E-state index in [0.717, 1.165) is 5.56 Å². The van der Waals surface area contributed by atoms with Crippen LogP contribution in [-0.2, 0) is 4.74 Å². The van der Waals surface area contributed by atoms with E-state index in [4.69, 9.17) is 4.74 Å². The predicted molar refractivity (Wildman–Crippen MR) is 56.2 cm³/mol. The minimum atomic E-state index is 0.658. The summed E-state index contributed by atoms with van der Waals surface area (Å²) in [5.74, 6) is 0.658. The topological polar surface area (TPSA) is 9.23 Å². The Bertz CT molecular complexity index is 317. The van der Waals surface area contributed by atoms with E-state index in [2.05, 4.69) is 13.2 Å². The van der Waals surface area contributed by atoms with Crippen LogP contribution in [0.4, 0.5) is 0 Å². The highest BCUT2D eigenvalue weighted by atomic mass is 16.5. The summed E-state index contributed by atoms with van der Waals surface area (Å²) < 4.78 is 5.16. The number of hydrogen-bond acceptors (Lipinski definition) is 1. The molecule has 0 N–H and O–H groups in total. The molecule has 0 fully saturated rings. The van der Waals surface area contributed by atoms with Gasteiger partial charge in [-0.25, -0.2) is 0 Å². The zero-order valence-corrected chi connectivity index (χ0v) is 8.13. The maximum atomic E-state index is 5.16. The van der Waals surface area contributed by atoms with Crippen LogP contribution in [0, 0.1) is 13.8 Å². The van der Waals surface area contributed by atoms with Crippen LogP contribution in [0.3, 0.4) is 0 Å². The second kappa shape index (κ2) is 3.94. The molecule has 1 aromatic carbocycles. The average Bonchev–Trinajstić information content (AvgIpc) is 2.04. The molecule has 0 radical (unpaired) electrons. The summed E-state index contributed by atoms with van der Waals surface area (Å²) in [5.41, 5.74) is 3.42. The van der Waals surface area contributed by atoms with Gasteiger partial charge in [0.15, 0.2) is 0 Å². The van der Waals surface area contributed by atoms with Gasteiger partial charge < -0.3 is 4.74 Å². The van der Waals surface area contributed by atoms with E-state index >= 15 is 0 Å². The smallest absolute Gasteiger partial charge is 0.127 e. The van der Waals surface area contributed by atoms with Crippen molar-refractivity contribution in [1.29, 1.82) is 0 Å². The van der Waals surface area contributed by atoms with Crippen molar-refractivity contribution < 1.29 is 4.74 Å². The molecule has 1 rings (SSSR count). The summed E-state index contributed by atoms with van der Waals surface area (Å²) in [6.07, 6.45) is 1.40. The molecule has 0 saturated heterocycles. The number of aryl methyl sites for hydroxylation is 2. The molecule has 1 heteroatoms. The predicted octanol–water partition coefficient (Wildman–Crippen LogP) is 3.43. The minimum Gasteiger partial charge on any atom is -0.466 e. The Kier molecular flexibility index (Phi) is 2.91. The van der Waals surface area contributed by atoms with Gasteiger partial charge in [0.05, 0.1) is 6.26 Å². The highest BCUT2D eigenvalue weighted by Gasteiger charge is 2.05. The van der Waals surface area contributed by atoms with Gasteiger partial charge in [0, 0.05) is 5.56 Å². The fraction of sp³-hybridized carbons (Fsp3) is 0.167. The second-order valence-corrected chi connectivity index (χ2v) is 2.97. The lowest BCUT2D eigenvalue weighted by Crippen LogP contribution is -1.92. The summed E-state index contributed by atoms with van der Waals surface area (Å²) in [4.78, 5) is 0. The van der Waals surface area contributed by atoms with Crippen molar-refractivity contribution in [3.05, 3.63) is 54.3 Å². The van der Waals surface area contributed by atoms with Gasteiger partial charge in [0.2, 0.25) is 0 Å². The van der Waals surface area contributed by atoms with Gasteiger partial charge >= 0.3 is 0 Å². The van der Waals surface area contributed by atoms with Gasteiger partial charge in [-0.1, -0.05) is 31.4 Å². The summed E-state index contributed by atoms with van der Waals surface area (Å²) >= 11 is 0. The SMILES string of the molecule is C=COC(=C)c1c(C)cccc1C. The molecule has 0 aliphatic carbocycles. The normalized spacial score (nSPS) is 9.38. The number of hydrogen-bond donors (Lipinski definition) is 0. The lowest BCUT2D eigenvalue weighted by Gasteiger charge is -2.10. The minimum absolute atomic E-state index is 0.658. The summed E-state index contributed by atoms with van der Waals surface area (Å²) in [6.45, 7) is 11.4. The molecular weight excluding hydrogens is 160 g/mol. The Morgan fingerprint density at radius 3 is 2.31 bits per heavy atom. The molecule has 1 nitrogen and oxygen atoms in total. The highest BCUT2D eigenvalue weighted by molar-refractivity contribution is 5.64. The monoisotopic (exact) mass is 174 g/mol. The first-order chi connectivity index (χ1) is 6.16. The van der Waals surface area contributed by atoms with Crippen LogP contribution in [0.1, 0.15) is 16.7 Å². The molecular formula is C12H14O. The maximum Gasteiger partial charge on any atom is 0.127 e. The number of benzene rings is 1. The van der Waals surface area contributed by atoms with E-state index in [-0.39, 0.29) is 0 Å². The van der Waals surface area contributed by atoms with Crippen molar-refractivity contribution in [2.75, 3.05) is 0 Å². The van der Waals surface area contributed by atoms with Gasteiger partial charge in [-0.15, -0.1) is 0 Å². The number of rotatable bonds is 3. The first kappa shape index (κ1) is 9.59. The fourth-order valence-electron chi connectivity index (χ4n) is 1.41. The van der Waals surface area contributed by atoms with Crippen molar-refractivity contribution in [3.8, 4) is 0 Å². The van der Waals surface area contributed by atoms with Gasteiger partial charge in [-0.05, 0) is 25.0 Å². The standard InChI is InChI=1S/C12H14O/c1-5-13-11(4)12-9(2)7-6-8-10(12)3/h5-8H,1,4H2,2-3H3. The van der Waals surface area contributed by atoms with Crippen LogP contribution < -0.4 is 0 Å². The van der Waals surface area contributed by atoms with Crippen molar-refractivity contribution in [2.24, 2.45) is 0 Å². The molecule has 0 saturated carbocycles. The molecule has 0 bridgehead atoms. The number of ether oxygens (including phenoxy) is 1. The summed E-state index contributed by atoms with van der Waals surface area (Å²) in [7, 11) is 0. The second-order valence-electron chi connectivity index (χ2n) is 2.97. The third-order valence-electron chi connectivity index (χ3n) is 1.99. The van der Waals surface area contributed by atoms with Gasteiger partial charge in [0.1, 0.15) is 5.76 Å². The van der Waals surface area contributed by atoms with E-state index in [1.165, 1.54) is 17.4 Å². The van der Waals surface area contributed by atoms with Gasteiger partial charge in [0.25, 0.3) is 0 Å². The van der Waals surface area contributed by atoms with E-state index < -0.39 is 0 Å². The van der Waals surface area contributed by atoms with E-state index in [0.29, 0.717) is 5.76 Å². The average molecular weight is 174 g/mol. The van der Waals surface area contributed by atoms with Crippen LogP contribution in [-0.4, -0.2) is 0 Å². The van der Waals surface area contributed by atoms with Gasteiger partial charge in [-0.2, -0.15) is 0 Å². The van der Waals surface area contributed by atoms with Crippen LogP contribution in [0.5, 0.6) is 0 Å². The molecule has 0 unspecified atom stereocenters. The maximum absolute atomic E-state index is 5.16. The third kappa shape index (κ3) is 2.00. The van der Waals surface area contributed by atoms with Crippen LogP contribution >= 0.6 is 0 Å². The lowest BCUT2D eigenvalue weighted by molar-refractivity contribution is 0.439. The molecule has 1 aromatic rings.